The highest BCUT2D eigenvalue weighted by Gasteiger charge is 2.19. The SMILES string of the molecule is COc1cc(C(=O)NC(C)CO)ccc1OC1CCCC1. The molecule has 1 aliphatic carbocycles. The highest BCUT2D eigenvalue weighted by molar-refractivity contribution is 5.95. The van der Waals surface area contributed by atoms with Crippen molar-refractivity contribution in [3.8, 4) is 11.5 Å². The van der Waals surface area contributed by atoms with Gasteiger partial charge in [-0.25, -0.2) is 0 Å². The maximum absolute atomic E-state index is 12.0. The lowest BCUT2D eigenvalue weighted by Gasteiger charge is -2.17. The summed E-state index contributed by atoms with van der Waals surface area (Å²) in [5, 5.41) is 11.7. The van der Waals surface area contributed by atoms with Gasteiger partial charge in [-0.2, -0.15) is 0 Å². The summed E-state index contributed by atoms with van der Waals surface area (Å²) in [5.41, 5.74) is 0.492. The number of methoxy groups -OCH3 is 1. The van der Waals surface area contributed by atoms with Gasteiger partial charge in [0, 0.05) is 11.6 Å². The minimum atomic E-state index is -0.280. The Bertz CT molecular complexity index is 483. The topological polar surface area (TPSA) is 67.8 Å². The van der Waals surface area contributed by atoms with Crippen molar-refractivity contribution in [3.05, 3.63) is 23.8 Å². The lowest BCUT2D eigenvalue weighted by molar-refractivity contribution is 0.0922. The largest absolute Gasteiger partial charge is 0.493 e. The Morgan fingerprint density at radius 1 is 1.38 bits per heavy atom. The molecule has 5 nitrogen and oxygen atoms in total. The van der Waals surface area contributed by atoms with E-state index in [1.807, 2.05) is 0 Å². The van der Waals surface area contributed by atoms with Crippen LogP contribution in [0.5, 0.6) is 11.5 Å². The molecule has 1 aliphatic rings. The summed E-state index contributed by atoms with van der Waals surface area (Å²) in [5.74, 6) is 1.00. The zero-order valence-electron chi connectivity index (χ0n) is 12.6. The van der Waals surface area contributed by atoms with Crippen molar-refractivity contribution in [2.24, 2.45) is 0 Å². The molecule has 1 fully saturated rings. The van der Waals surface area contributed by atoms with Crippen molar-refractivity contribution >= 4 is 5.91 Å². The van der Waals surface area contributed by atoms with Gasteiger partial charge in [-0.3, -0.25) is 4.79 Å². The van der Waals surface area contributed by atoms with E-state index in [0.717, 1.165) is 12.8 Å². The van der Waals surface area contributed by atoms with Crippen LogP contribution in [0, 0.1) is 0 Å². The first-order chi connectivity index (χ1) is 10.1. The third kappa shape index (κ3) is 4.11. The average molecular weight is 293 g/mol. The van der Waals surface area contributed by atoms with Crippen LogP contribution in [0.25, 0.3) is 0 Å². The Morgan fingerprint density at radius 3 is 2.71 bits per heavy atom. The number of carbonyl (C=O) groups excluding carboxylic acids is 1. The standard InChI is InChI=1S/C16H23NO4/c1-11(10-18)17-16(19)12-7-8-14(15(9-12)20-2)21-13-5-3-4-6-13/h7-9,11,13,18H,3-6,10H2,1-2H3,(H,17,19). The number of hydrogen-bond donors (Lipinski definition) is 2. The summed E-state index contributed by atoms with van der Waals surface area (Å²) in [4.78, 5) is 12.0. The first-order valence-corrected chi connectivity index (χ1v) is 7.40. The fraction of sp³-hybridized carbons (Fsp3) is 0.562. The lowest BCUT2D eigenvalue weighted by atomic mass is 10.1. The fourth-order valence-electron chi connectivity index (χ4n) is 2.44. The average Bonchev–Trinajstić information content (AvgIpc) is 3.00. The highest BCUT2D eigenvalue weighted by Crippen LogP contribution is 2.32. The summed E-state index contributed by atoms with van der Waals surface area (Å²) in [6, 6.07) is 4.88. The number of aliphatic hydroxyl groups is 1. The number of benzene rings is 1. The van der Waals surface area contributed by atoms with Gasteiger partial charge in [-0.1, -0.05) is 0 Å². The number of carbonyl (C=O) groups is 1. The quantitative estimate of drug-likeness (QED) is 0.843. The monoisotopic (exact) mass is 293 g/mol. The van der Waals surface area contributed by atoms with Gasteiger partial charge in [0.2, 0.25) is 0 Å². The fourth-order valence-corrected chi connectivity index (χ4v) is 2.44. The third-order valence-electron chi connectivity index (χ3n) is 3.67. The molecule has 1 saturated carbocycles. The van der Waals surface area contributed by atoms with Gasteiger partial charge in [0.25, 0.3) is 5.91 Å². The van der Waals surface area contributed by atoms with Crippen LogP contribution in [0.2, 0.25) is 0 Å². The molecule has 0 aliphatic heterocycles. The Morgan fingerprint density at radius 2 is 2.10 bits per heavy atom. The van der Waals surface area contributed by atoms with Crippen LogP contribution in [0.4, 0.5) is 0 Å². The molecule has 0 radical (unpaired) electrons. The second kappa shape index (κ2) is 7.31. The number of aliphatic hydroxyl groups excluding tert-OH is 1. The summed E-state index contributed by atoms with van der Waals surface area (Å²) in [7, 11) is 1.56. The van der Waals surface area contributed by atoms with Crippen molar-refractivity contribution in [1.29, 1.82) is 0 Å². The maximum atomic E-state index is 12.0. The van der Waals surface area contributed by atoms with Crippen LogP contribution in [0.15, 0.2) is 18.2 Å². The zero-order valence-corrected chi connectivity index (χ0v) is 12.6. The van der Waals surface area contributed by atoms with E-state index in [1.54, 1.807) is 32.2 Å². The second-order valence-electron chi connectivity index (χ2n) is 5.45. The molecule has 2 rings (SSSR count). The predicted octanol–water partition coefficient (Wildman–Crippen LogP) is 2.13. The van der Waals surface area contributed by atoms with Crippen LogP contribution in [-0.4, -0.2) is 36.9 Å². The summed E-state index contributed by atoms with van der Waals surface area (Å²) >= 11 is 0. The van der Waals surface area contributed by atoms with E-state index in [0.29, 0.717) is 17.1 Å². The van der Waals surface area contributed by atoms with Crippen molar-refractivity contribution in [2.75, 3.05) is 13.7 Å². The van der Waals surface area contributed by atoms with Crippen molar-refractivity contribution in [2.45, 2.75) is 44.8 Å². The number of nitrogens with one attached hydrogen (secondary N) is 1. The predicted molar refractivity (Wildman–Crippen MR) is 79.9 cm³/mol. The molecule has 21 heavy (non-hydrogen) atoms. The van der Waals surface area contributed by atoms with Gasteiger partial charge >= 0.3 is 0 Å². The minimum Gasteiger partial charge on any atom is -0.493 e. The van der Waals surface area contributed by atoms with Crippen LogP contribution >= 0.6 is 0 Å². The van der Waals surface area contributed by atoms with Gasteiger partial charge in [0.1, 0.15) is 0 Å². The minimum absolute atomic E-state index is 0.0915. The van der Waals surface area contributed by atoms with E-state index in [2.05, 4.69) is 5.32 Å². The van der Waals surface area contributed by atoms with Gasteiger partial charge < -0.3 is 19.9 Å². The van der Waals surface area contributed by atoms with E-state index in [1.165, 1.54) is 12.8 Å². The lowest BCUT2D eigenvalue weighted by Crippen LogP contribution is -2.34. The van der Waals surface area contributed by atoms with Crippen LogP contribution in [0.3, 0.4) is 0 Å². The molecular formula is C16H23NO4. The van der Waals surface area contributed by atoms with Crippen molar-refractivity contribution in [1.82, 2.24) is 5.32 Å². The number of ether oxygens (including phenoxy) is 2. The molecule has 1 atom stereocenters. The second-order valence-corrected chi connectivity index (χ2v) is 5.45. The molecule has 0 aromatic heterocycles. The van der Waals surface area contributed by atoms with Gasteiger partial charge in [-0.05, 0) is 50.8 Å². The van der Waals surface area contributed by atoms with E-state index in [9.17, 15) is 4.79 Å². The molecule has 0 heterocycles. The molecule has 2 N–H and O–H groups in total. The first-order valence-electron chi connectivity index (χ1n) is 7.40. The van der Waals surface area contributed by atoms with Crippen LogP contribution in [-0.2, 0) is 0 Å². The number of hydrogen-bond acceptors (Lipinski definition) is 4. The normalized spacial score (nSPS) is 16.5. The Balaban J connectivity index is 2.09. The molecule has 0 spiro atoms. The molecule has 116 valence electrons. The molecule has 0 saturated heterocycles. The smallest absolute Gasteiger partial charge is 0.251 e. The van der Waals surface area contributed by atoms with Gasteiger partial charge in [0.05, 0.1) is 19.8 Å². The number of rotatable bonds is 6. The van der Waals surface area contributed by atoms with Crippen molar-refractivity contribution < 1.29 is 19.4 Å². The Labute approximate surface area is 125 Å². The molecule has 1 unspecified atom stereocenters. The van der Waals surface area contributed by atoms with E-state index < -0.39 is 0 Å². The van der Waals surface area contributed by atoms with Crippen LogP contribution in [0.1, 0.15) is 43.0 Å². The first kappa shape index (κ1) is 15.6. The molecule has 1 aromatic carbocycles. The molecule has 5 heteroatoms. The highest BCUT2D eigenvalue weighted by atomic mass is 16.5. The maximum Gasteiger partial charge on any atom is 0.251 e. The van der Waals surface area contributed by atoms with E-state index in [-0.39, 0.29) is 24.7 Å². The molecule has 0 bridgehead atoms. The summed E-state index contributed by atoms with van der Waals surface area (Å²) < 4.78 is 11.3. The third-order valence-corrected chi connectivity index (χ3v) is 3.67. The van der Waals surface area contributed by atoms with Crippen LogP contribution < -0.4 is 14.8 Å². The Hall–Kier alpha value is -1.75. The van der Waals surface area contributed by atoms with E-state index in [4.69, 9.17) is 14.6 Å². The van der Waals surface area contributed by atoms with Gasteiger partial charge in [0.15, 0.2) is 11.5 Å². The van der Waals surface area contributed by atoms with E-state index >= 15 is 0 Å². The molecule has 1 aromatic rings. The Kier molecular flexibility index (Phi) is 5.44. The van der Waals surface area contributed by atoms with Crippen molar-refractivity contribution in [3.63, 3.8) is 0 Å². The molecule has 1 amide bonds. The van der Waals surface area contributed by atoms with Gasteiger partial charge in [-0.15, -0.1) is 0 Å². The summed E-state index contributed by atoms with van der Waals surface area (Å²) in [6.45, 7) is 1.65. The zero-order chi connectivity index (χ0) is 15.2. The summed E-state index contributed by atoms with van der Waals surface area (Å²) in [6.07, 6.45) is 4.78. The molecular weight excluding hydrogens is 270 g/mol. The number of amides is 1.